The van der Waals surface area contributed by atoms with Crippen molar-refractivity contribution in [2.45, 2.75) is 12.8 Å². The molecule has 24 heavy (non-hydrogen) atoms. The topological polar surface area (TPSA) is 0 Å². The van der Waals surface area contributed by atoms with Crippen LogP contribution in [-0.2, 0) is 0 Å². The van der Waals surface area contributed by atoms with Crippen LogP contribution in [0.25, 0.3) is 0 Å². The molecule has 0 heterocycles. The molecule has 2 aliphatic rings. The molecular formula is C22H21LiSi. The Labute approximate surface area is 157 Å². The molecule has 2 aliphatic carbocycles. The van der Waals surface area contributed by atoms with Gasteiger partial charge in [0.1, 0.15) is 0 Å². The molecule has 0 radical (unpaired) electrons. The Hall–Kier alpha value is -1.79. The molecule has 0 bridgehead atoms. The van der Waals surface area contributed by atoms with Gasteiger partial charge in [0.2, 0.25) is 0 Å². The van der Waals surface area contributed by atoms with Crippen LogP contribution in [0.4, 0.5) is 0 Å². The van der Waals surface area contributed by atoms with E-state index >= 15 is 0 Å². The predicted octanol–water partition coefficient (Wildman–Crippen LogP) is 3.45. The van der Waals surface area contributed by atoms with Crippen molar-refractivity contribution in [1.29, 1.82) is 0 Å². The summed E-state index contributed by atoms with van der Waals surface area (Å²) in [6.45, 7) is 0. The normalized spacial score (nSPS) is 15.8. The van der Waals surface area contributed by atoms with Crippen molar-refractivity contribution in [3.8, 4) is 0 Å². The number of hydrogen-bond acceptors (Lipinski definition) is 0. The van der Waals surface area contributed by atoms with Crippen molar-refractivity contribution >= 4 is 37.3 Å². The van der Waals surface area contributed by atoms with E-state index in [1.54, 1.807) is 10.4 Å². The minimum atomic E-state index is -2.08. The molecule has 0 aromatic heterocycles. The molecule has 4 rings (SSSR count). The van der Waals surface area contributed by atoms with E-state index in [-0.39, 0.29) is 18.9 Å². The van der Waals surface area contributed by atoms with Crippen LogP contribution in [-0.4, -0.2) is 26.9 Å². The Morgan fingerprint density at radius 3 is 1.33 bits per heavy atom. The zero-order chi connectivity index (χ0) is 15.5. The fraction of sp³-hybridized carbons (Fsp3) is 0.0909. The van der Waals surface area contributed by atoms with Gasteiger partial charge in [0.25, 0.3) is 0 Å². The second-order valence-corrected chi connectivity index (χ2v) is 10.1. The fourth-order valence-electron chi connectivity index (χ4n) is 3.94. The van der Waals surface area contributed by atoms with E-state index in [0.29, 0.717) is 0 Å². The molecule has 2 aromatic rings. The first-order chi connectivity index (χ1) is 11.4. The molecule has 0 aliphatic heterocycles. The number of hydrogen-bond donors (Lipinski definition) is 0. The summed E-state index contributed by atoms with van der Waals surface area (Å²) in [5, 5.41) is 6.20. The molecule has 2 aromatic carbocycles. The van der Waals surface area contributed by atoms with Gasteiger partial charge in [-0.3, -0.25) is 0 Å². The molecule has 0 spiro atoms. The van der Waals surface area contributed by atoms with Gasteiger partial charge in [0.15, 0.2) is 8.07 Å². The zero-order valence-electron chi connectivity index (χ0n) is 13.2. The summed E-state index contributed by atoms with van der Waals surface area (Å²) in [6.07, 6.45) is 15.9. The van der Waals surface area contributed by atoms with E-state index in [0.717, 1.165) is 12.8 Å². The van der Waals surface area contributed by atoms with Gasteiger partial charge < -0.3 is 0 Å². The van der Waals surface area contributed by atoms with Crippen LogP contribution in [0.3, 0.4) is 0 Å². The van der Waals surface area contributed by atoms with Crippen molar-refractivity contribution in [3.05, 3.63) is 108 Å². The molecule has 0 N–H and O–H groups in total. The van der Waals surface area contributed by atoms with Gasteiger partial charge in [-0.05, 0) is 23.2 Å². The van der Waals surface area contributed by atoms with Crippen LogP contribution in [0, 0.1) is 0 Å². The second-order valence-electron chi connectivity index (χ2n) is 6.13. The van der Waals surface area contributed by atoms with E-state index in [1.165, 1.54) is 10.4 Å². The van der Waals surface area contributed by atoms with Crippen LogP contribution < -0.4 is 10.4 Å². The standard InChI is InChI=1S/C22H20Si.Li.H/c1-3-11-19(12-4-1)23(21-15-7-8-16-21,22-17-9-10-18-22)20-13-5-2-6-14-20;;/h1-15,17H,16,18H2;;. The van der Waals surface area contributed by atoms with Gasteiger partial charge in [0.05, 0.1) is 0 Å². The van der Waals surface area contributed by atoms with E-state index < -0.39 is 8.07 Å². The van der Waals surface area contributed by atoms with Gasteiger partial charge >= 0.3 is 18.9 Å². The average Bonchev–Trinajstić information content (AvgIpc) is 3.32. The molecule has 0 fully saturated rings. The van der Waals surface area contributed by atoms with Gasteiger partial charge in [-0.25, -0.2) is 0 Å². The molecule has 114 valence electrons. The molecule has 0 saturated heterocycles. The molecular weight excluding hydrogens is 299 g/mol. The van der Waals surface area contributed by atoms with E-state index in [9.17, 15) is 0 Å². The van der Waals surface area contributed by atoms with Crippen LogP contribution >= 0.6 is 0 Å². The number of allylic oxidation sites excluding steroid dienone is 8. The Morgan fingerprint density at radius 1 is 0.583 bits per heavy atom. The van der Waals surface area contributed by atoms with Gasteiger partial charge in [-0.2, -0.15) is 0 Å². The van der Waals surface area contributed by atoms with Crippen molar-refractivity contribution in [3.63, 3.8) is 0 Å². The Kier molecular flexibility index (Phi) is 5.26. The van der Waals surface area contributed by atoms with Crippen molar-refractivity contribution < 1.29 is 0 Å². The minimum absolute atomic E-state index is 0. The van der Waals surface area contributed by atoms with E-state index in [4.69, 9.17) is 0 Å². The summed E-state index contributed by atoms with van der Waals surface area (Å²) in [5.41, 5.74) is 0. The zero-order valence-corrected chi connectivity index (χ0v) is 14.2. The van der Waals surface area contributed by atoms with E-state index in [1.807, 2.05) is 0 Å². The molecule has 0 atom stereocenters. The summed E-state index contributed by atoms with van der Waals surface area (Å²) in [4.78, 5) is 0. The van der Waals surface area contributed by atoms with Crippen LogP contribution in [0.2, 0.25) is 0 Å². The molecule has 0 amide bonds. The van der Waals surface area contributed by atoms with Crippen molar-refractivity contribution in [2.75, 3.05) is 0 Å². The summed E-state index contributed by atoms with van der Waals surface area (Å²) in [6, 6.07) is 22.3. The third kappa shape index (κ3) is 2.74. The van der Waals surface area contributed by atoms with Gasteiger partial charge in [0, 0.05) is 0 Å². The SMILES string of the molecule is C1=CCC([Si](C2=CC=CC2)(c2ccccc2)c2ccccc2)=C1.[LiH]. The number of rotatable bonds is 4. The van der Waals surface area contributed by atoms with Gasteiger partial charge in [-0.15, -0.1) is 0 Å². The quantitative estimate of drug-likeness (QED) is 0.757. The first kappa shape index (κ1) is 17.1. The summed E-state index contributed by atoms with van der Waals surface area (Å²) >= 11 is 0. The molecule has 0 unspecified atom stereocenters. The Bertz CT molecular complexity index is 742. The third-order valence-electron chi connectivity index (χ3n) is 4.92. The number of benzene rings is 2. The van der Waals surface area contributed by atoms with Crippen molar-refractivity contribution in [2.24, 2.45) is 0 Å². The van der Waals surface area contributed by atoms with E-state index in [2.05, 4.69) is 97.1 Å². The third-order valence-corrected chi connectivity index (χ3v) is 9.99. The average molecular weight is 320 g/mol. The molecule has 2 heteroatoms. The molecule has 0 saturated carbocycles. The monoisotopic (exact) mass is 320 g/mol. The first-order valence-corrected chi connectivity index (χ1v) is 10.3. The van der Waals surface area contributed by atoms with Crippen molar-refractivity contribution in [1.82, 2.24) is 0 Å². The van der Waals surface area contributed by atoms with Crippen LogP contribution in [0.15, 0.2) is 108 Å². The predicted molar refractivity (Wildman–Crippen MR) is 109 cm³/mol. The first-order valence-electron chi connectivity index (χ1n) is 8.26. The Morgan fingerprint density at radius 2 is 1.00 bits per heavy atom. The maximum atomic E-state index is 2.37. The summed E-state index contributed by atoms with van der Waals surface area (Å²) in [7, 11) is -2.08. The summed E-state index contributed by atoms with van der Waals surface area (Å²) < 4.78 is 0. The molecule has 0 nitrogen and oxygen atoms in total. The maximum absolute atomic E-state index is 2.37. The fourth-order valence-corrected chi connectivity index (χ4v) is 9.10. The second kappa shape index (κ2) is 7.41. The van der Waals surface area contributed by atoms with Crippen LogP contribution in [0.1, 0.15) is 12.8 Å². The Balaban J connectivity index is 0.00000169. The summed E-state index contributed by atoms with van der Waals surface area (Å²) in [5.74, 6) is 0. The van der Waals surface area contributed by atoms with Gasteiger partial charge in [-0.1, -0.05) is 108 Å². The van der Waals surface area contributed by atoms with Crippen LogP contribution in [0.5, 0.6) is 0 Å².